The number of hydrogen-bond acceptors (Lipinski definition) is 1. The normalized spacial score (nSPS) is 12.2. The standard InChI is InChI=1S/C14H12Cl2FN/c1-9(11-4-2-3-5-12(11)16)18-14-7-6-10(15)8-13(14)17/h2-9,18H,1H3. The summed E-state index contributed by atoms with van der Waals surface area (Å²) in [5.41, 5.74) is 1.33. The Hall–Kier alpha value is -1.25. The number of hydrogen-bond donors (Lipinski definition) is 1. The number of anilines is 1. The van der Waals surface area contributed by atoms with Crippen LogP contribution < -0.4 is 5.32 Å². The van der Waals surface area contributed by atoms with E-state index in [1.807, 2.05) is 31.2 Å². The highest BCUT2D eigenvalue weighted by atomic mass is 35.5. The van der Waals surface area contributed by atoms with Gasteiger partial charge in [-0.05, 0) is 36.8 Å². The zero-order valence-electron chi connectivity index (χ0n) is 9.75. The molecule has 0 spiro atoms. The molecule has 1 nitrogen and oxygen atoms in total. The Labute approximate surface area is 116 Å². The molecule has 18 heavy (non-hydrogen) atoms. The second-order valence-corrected chi connectivity index (χ2v) is 4.86. The maximum atomic E-state index is 13.6. The summed E-state index contributed by atoms with van der Waals surface area (Å²) in [6.07, 6.45) is 0. The lowest BCUT2D eigenvalue weighted by Crippen LogP contribution is -2.08. The largest absolute Gasteiger partial charge is 0.376 e. The summed E-state index contributed by atoms with van der Waals surface area (Å²) in [6.45, 7) is 1.93. The van der Waals surface area contributed by atoms with Gasteiger partial charge in [-0.1, -0.05) is 41.4 Å². The highest BCUT2D eigenvalue weighted by Gasteiger charge is 2.11. The molecule has 0 saturated heterocycles. The smallest absolute Gasteiger partial charge is 0.147 e. The van der Waals surface area contributed by atoms with Crippen molar-refractivity contribution in [3.8, 4) is 0 Å². The Morgan fingerprint density at radius 1 is 1.11 bits per heavy atom. The number of nitrogens with one attached hydrogen (secondary N) is 1. The Balaban J connectivity index is 2.21. The molecule has 4 heteroatoms. The molecule has 0 aliphatic carbocycles. The summed E-state index contributed by atoms with van der Waals surface area (Å²) in [5, 5.41) is 4.11. The third-order valence-electron chi connectivity index (χ3n) is 2.67. The predicted molar refractivity (Wildman–Crippen MR) is 74.9 cm³/mol. The zero-order chi connectivity index (χ0) is 13.1. The van der Waals surface area contributed by atoms with Crippen molar-refractivity contribution in [2.75, 3.05) is 5.32 Å². The third-order valence-corrected chi connectivity index (χ3v) is 3.25. The van der Waals surface area contributed by atoms with Gasteiger partial charge in [-0.2, -0.15) is 0 Å². The van der Waals surface area contributed by atoms with Crippen LogP contribution in [0.4, 0.5) is 10.1 Å². The van der Waals surface area contributed by atoms with Crippen LogP contribution in [0.15, 0.2) is 42.5 Å². The Kier molecular flexibility index (Phi) is 4.10. The highest BCUT2D eigenvalue weighted by Crippen LogP contribution is 2.27. The molecule has 0 amide bonds. The molecule has 0 heterocycles. The minimum absolute atomic E-state index is 0.0885. The van der Waals surface area contributed by atoms with Crippen LogP contribution in [0.1, 0.15) is 18.5 Å². The summed E-state index contributed by atoms with van der Waals surface area (Å²) in [6, 6.07) is 11.9. The molecule has 0 aliphatic rings. The van der Waals surface area contributed by atoms with Gasteiger partial charge in [-0.3, -0.25) is 0 Å². The van der Waals surface area contributed by atoms with E-state index < -0.39 is 0 Å². The minimum atomic E-state index is -0.374. The lowest BCUT2D eigenvalue weighted by atomic mass is 10.1. The van der Waals surface area contributed by atoms with E-state index in [4.69, 9.17) is 23.2 Å². The molecule has 0 fully saturated rings. The lowest BCUT2D eigenvalue weighted by Gasteiger charge is -2.17. The van der Waals surface area contributed by atoms with Crippen LogP contribution >= 0.6 is 23.2 Å². The first-order chi connectivity index (χ1) is 8.58. The summed E-state index contributed by atoms with van der Waals surface area (Å²) >= 11 is 11.8. The first-order valence-electron chi connectivity index (χ1n) is 5.54. The van der Waals surface area contributed by atoms with Gasteiger partial charge in [0.1, 0.15) is 5.82 Å². The highest BCUT2D eigenvalue weighted by molar-refractivity contribution is 6.31. The van der Waals surface area contributed by atoms with Crippen molar-refractivity contribution in [2.45, 2.75) is 13.0 Å². The van der Waals surface area contributed by atoms with E-state index in [1.165, 1.54) is 6.07 Å². The molecular weight excluding hydrogens is 272 g/mol. The monoisotopic (exact) mass is 283 g/mol. The van der Waals surface area contributed by atoms with E-state index in [1.54, 1.807) is 12.1 Å². The van der Waals surface area contributed by atoms with Crippen LogP contribution in [0.25, 0.3) is 0 Å². The molecule has 2 aromatic carbocycles. The SMILES string of the molecule is CC(Nc1ccc(Cl)cc1F)c1ccccc1Cl. The van der Waals surface area contributed by atoms with Gasteiger partial charge in [0.05, 0.1) is 11.7 Å². The molecule has 0 saturated carbocycles. The van der Waals surface area contributed by atoms with Gasteiger partial charge >= 0.3 is 0 Å². The summed E-state index contributed by atoms with van der Waals surface area (Å²) in [7, 11) is 0. The van der Waals surface area contributed by atoms with E-state index >= 15 is 0 Å². The van der Waals surface area contributed by atoms with Gasteiger partial charge in [0.2, 0.25) is 0 Å². The van der Waals surface area contributed by atoms with Crippen molar-refractivity contribution in [1.29, 1.82) is 0 Å². The molecule has 0 bridgehead atoms. The maximum absolute atomic E-state index is 13.6. The molecule has 1 atom stereocenters. The van der Waals surface area contributed by atoms with Gasteiger partial charge in [0.15, 0.2) is 0 Å². The lowest BCUT2D eigenvalue weighted by molar-refractivity contribution is 0.627. The van der Waals surface area contributed by atoms with Gasteiger partial charge in [-0.15, -0.1) is 0 Å². The summed E-state index contributed by atoms with van der Waals surface area (Å²) in [5.74, 6) is -0.374. The van der Waals surface area contributed by atoms with Crippen molar-refractivity contribution in [2.24, 2.45) is 0 Å². The molecule has 0 aliphatic heterocycles. The fourth-order valence-corrected chi connectivity index (χ4v) is 2.20. The van der Waals surface area contributed by atoms with Crippen molar-refractivity contribution in [1.82, 2.24) is 0 Å². The number of rotatable bonds is 3. The zero-order valence-corrected chi connectivity index (χ0v) is 11.3. The molecule has 2 aromatic rings. The van der Waals surface area contributed by atoms with E-state index in [2.05, 4.69) is 5.32 Å². The Bertz CT molecular complexity index is 557. The van der Waals surface area contributed by atoms with Crippen LogP contribution in [0.5, 0.6) is 0 Å². The van der Waals surface area contributed by atoms with Gasteiger partial charge < -0.3 is 5.32 Å². The topological polar surface area (TPSA) is 12.0 Å². The van der Waals surface area contributed by atoms with E-state index in [0.29, 0.717) is 15.7 Å². The number of halogens is 3. The van der Waals surface area contributed by atoms with Gasteiger partial charge in [0.25, 0.3) is 0 Å². The van der Waals surface area contributed by atoms with Crippen molar-refractivity contribution in [3.63, 3.8) is 0 Å². The maximum Gasteiger partial charge on any atom is 0.147 e. The third kappa shape index (κ3) is 2.95. The van der Waals surface area contributed by atoms with Crippen LogP contribution in [0, 0.1) is 5.82 Å². The molecular formula is C14H12Cl2FN. The van der Waals surface area contributed by atoms with Crippen molar-refractivity contribution < 1.29 is 4.39 Å². The predicted octanol–water partition coefficient (Wildman–Crippen LogP) is 5.31. The Morgan fingerprint density at radius 2 is 1.83 bits per heavy atom. The molecule has 0 radical (unpaired) electrons. The molecule has 1 unspecified atom stereocenters. The fraction of sp³-hybridized carbons (Fsp3) is 0.143. The Morgan fingerprint density at radius 3 is 2.50 bits per heavy atom. The van der Waals surface area contributed by atoms with Crippen LogP contribution in [-0.4, -0.2) is 0 Å². The molecule has 2 rings (SSSR count). The van der Waals surface area contributed by atoms with Crippen LogP contribution in [0.2, 0.25) is 10.0 Å². The van der Waals surface area contributed by atoms with Crippen molar-refractivity contribution in [3.05, 3.63) is 63.9 Å². The minimum Gasteiger partial charge on any atom is -0.376 e. The average Bonchev–Trinajstić information content (AvgIpc) is 2.33. The first-order valence-corrected chi connectivity index (χ1v) is 6.29. The average molecular weight is 284 g/mol. The van der Waals surface area contributed by atoms with E-state index in [-0.39, 0.29) is 11.9 Å². The van der Waals surface area contributed by atoms with Crippen LogP contribution in [0.3, 0.4) is 0 Å². The summed E-state index contributed by atoms with van der Waals surface area (Å²) in [4.78, 5) is 0. The second-order valence-electron chi connectivity index (χ2n) is 4.01. The van der Waals surface area contributed by atoms with Gasteiger partial charge in [0, 0.05) is 10.0 Å². The van der Waals surface area contributed by atoms with Crippen LogP contribution in [-0.2, 0) is 0 Å². The van der Waals surface area contributed by atoms with E-state index in [0.717, 1.165) is 5.56 Å². The molecule has 0 aromatic heterocycles. The quantitative estimate of drug-likeness (QED) is 0.805. The fourth-order valence-electron chi connectivity index (χ4n) is 1.74. The molecule has 94 valence electrons. The molecule has 1 N–H and O–H groups in total. The number of benzene rings is 2. The van der Waals surface area contributed by atoms with E-state index in [9.17, 15) is 4.39 Å². The first kappa shape index (κ1) is 13.2. The summed E-state index contributed by atoms with van der Waals surface area (Å²) < 4.78 is 13.6. The van der Waals surface area contributed by atoms with Gasteiger partial charge in [-0.25, -0.2) is 4.39 Å². The second kappa shape index (κ2) is 5.59. The van der Waals surface area contributed by atoms with Crippen molar-refractivity contribution >= 4 is 28.9 Å².